The lowest BCUT2D eigenvalue weighted by Crippen LogP contribution is -2.50. The summed E-state index contributed by atoms with van der Waals surface area (Å²) in [6.45, 7) is 3.51. The van der Waals surface area contributed by atoms with Crippen LogP contribution in [0.1, 0.15) is 5.82 Å². The molecule has 0 radical (unpaired) electrons. The van der Waals surface area contributed by atoms with E-state index in [-0.39, 0.29) is 0 Å². The molecule has 3 rings (SSSR count). The van der Waals surface area contributed by atoms with Gasteiger partial charge in [-0.3, -0.25) is 0 Å². The molecule has 1 aliphatic heterocycles. The highest BCUT2D eigenvalue weighted by Gasteiger charge is 2.28. The van der Waals surface area contributed by atoms with Crippen LogP contribution in [0.4, 0.5) is 0 Å². The van der Waals surface area contributed by atoms with Crippen molar-refractivity contribution in [1.82, 2.24) is 20.6 Å². The molecule has 1 aliphatic rings. The van der Waals surface area contributed by atoms with Crippen molar-refractivity contribution < 1.29 is 9.84 Å². The molecule has 0 amide bonds. The van der Waals surface area contributed by atoms with E-state index in [2.05, 4.69) is 20.6 Å². The predicted molar refractivity (Wildman–Crippen MR) is 92.7 cm³/mol. The molecule has 0 aliphatic carbocycles. The number of rotatable bonds is 6. The Hall–Kier alpha value is -1.86. The predicted octanol–water partition coefficient (Wildman–Crippen LogP) is 0.627. The number of nitrogens with one attached hydrogen (secondary N) is 2. The normalized spacial score (nSPS) is 21.4. The van der Waals surface area contributed by atoms with Gasteiger partial charge in [0.05, 0.1) is 18.9 Å². The first-order valence-corrected chi connectivity index (χ1v) is 8.34. The molecule has 0 unspecified atom stereocenters. The molecular formula is C18H24N4O2. The van der Waals surface area contributed by atoms with Gasteiger partial charge in [0.2, 0.25) is 0 Å². The first-order valence-electron chi connectivity index (χ1n) is 8.34. The van der Waals surface area contributed by atoms with Crippen LogP contribution in [0.3, 0.4) is 0 Å². The quantitative estimate of drug-likeness (QED) is 0.675. The zero-order valence-electron chi connectivity index (χ0n) is 13.7. The second-order valence-corrected chi connectivity index (χ2v) is 6.10. The summed E-state index contributed by atoms with van der Waals surface area (Å²) in [5.41, 5.74) is 1.16. The molecule has 1 aromatic carbocycles. The van der Waals surface area contributed by atoms with Gasteiger partial charge in [0.25, 0.3) is 0 Å². The van der Waals surface area contributed by atoms with Crippen LogP contribution in [0.5, 0.6) is 0 Å². The first kappa shape index (κ1) is 17.0. The molecular weight excluding hydrogens is 304 g/mol. The molecule has 6 nitrogen and oxygen atoms in total. The Labute approximate surface area is 142 Å². The SMILES string of the molecule is O[C@]1(CNCCc2nccc(-c3ccccc3)n2)CNCCOC1. The Balaban J connectivity index is 1.50. The highest BCUT2D eigenvalue weighted by Crippen LogP contribution is 2.15. The molecule has 0 saturated carbocycles. The second-order valence-electron chi connectivity index (χ2n) is 6.10. The van der Waals surface area contributed by atoms with Crippen molar-refractivity contribution in [3.8, 4) is 11.3 Å². The molecule has 1 aromatic heterocycles. The fourth-order valence-corrected chi connectivity index (χ4v) is 2.70. The average molecular weight is 328 g/mol. The third kappa shape index (κ3) is 4.82. The summed E-state index contributed by atoms with van der Waals surface area (Å²) in [6.07, 6.45) is 2.51. The molecule has 128 valence electrons. The van der Waals surface area contributed by atoms with Crippen molar-refractivity contribution in [3.05, 3.63) is 48.4 Å². The minimum absolute atomic E-state index is 0.354. The molecule has 1 saturated heterocycles. The number of hydrogen-bond acceptors (Lipinski definition) is 6. The van der Waals surface area contributed by atoms with E-state index in [0.29, 0.717) is 39.3 Å². The van der Waals surface area contributed by atoms with E-state index in [9.17, 15) is 5.11 Å². The van der Waals surface area contributed by atoms with Crippen LogP contribution in [-0.2, 0) is 11.2 Å². The lowest BCUT2D eigenvalue weighted by atomic mass is 10.1. The summed E-state index contributed by atoms with van der Waals surface area (Å²) in [5, 5.41) is 16.9. The molecule has 1 atom stereocenters. The zero-order chi connectivity index (χ0) is 16.7. The maximum Gasteiger partial charge on any atom is 0.130 e. The Kier molecular flexibility index (Phi) is 5.87. The van der Waals surface area contributed by atoms with E-state index >= 15 is 0 Å². The number of hydrogen-bond donors (Lipinski definition) is 3. The number of aromatic nitrogens is 2. The summed E-state index contributed by atoms with van der Waals surface area (Å²) >= 11 is 0. The fraction of sp³-hybridized carbons (Fsp3) is 0.444. The summed E-state index contributed by atoms with van der Waals surface area (Å²) in [5.74, 6) is 0.797. The van der Waals surface area contributed by atoms with Crippen molar-refractivity contribution >= 4 is 0 Å². The van der Waals surface area contributed by atoms with E-state index in [1.165, 1.54) is 0 Å². The van der Waals surface area contributed by atoms with Gasteiger partial charge in [-0.15, -0.1) is 0 Å². The topological polar surface area (TPSA) is 79.3 Å². The van der Waals surface area contributed by atoms with Crippen molar-refractivity contribution in [2.24, 2.45) is 0 Å². The lowest BCUT2D eigenvalue weighted by molar-refractivity contribution is -0.0260. The molecule has 3 N–H and O–H groups in total. The third-order valence-corrected chi connectivity index (χ3v) is 4.00. The Morgan fingerprint density at radius 1 is 1.25 bits per heavy atom. The maximum atomic E-state index is 10.5. The van der Waals surface area contributed by atoms with Gasteiger partial charge >= 0.3 is 0 Å². The Morgan fingerprint density at radius 3 is 3.00 bits per heavy atom. The van der Waals surface area contributed by atoms with Crippen LogP contribution in [0, 0.1) is 0 Å². The van der Waals surface area contributed by atoms with Gasteiger partial charge in [0.15, 0.2) is 0 Å². The largest absolute Gasteiger partial charge is 0.385 e. The number of benzene rings is 1. The molecule has 0 spiro atoms. The second kappa shape index (κ2) is 8.30. The minimum Gasteiger partial charge on any atom is -0.385 e. The van der Waals surface area contributed by atoms with E-state index in [1.54, 1.807) is 6.20 Å². The lowest BCUT2D eigenvalue weighted by Gasteiger charge is -2.26. The Morgan fingerprint density at radius 2 is 2.12 bits per heavy atom. The van der Waals surface area contributed by atoms with Gasteiger partial charge in [-0.05, 0) is 6.07 Å². The maximum absolute atomic E-state index is 10.5. The van der Waals surface area contributed by atoms with Crippen LogP contribution >= 0.6 is 0 Å². The van der Waals surface area contributed by atoms with Gasteiger partial charge in [-0.2, -0.15) is 0 Å². The van der Waals surface area contributed by atoms with Crippen LogP contribution < -0.4 is 10.6 Å². The number of nitrogens with zero attached hydrogens (tertiary/aromatic N) is 2. The van der Waals surface area contributed by atoms with E-state index in [4.69, 9.17) is 4.74 Å². The zero-order valence-corrected chi connectivity index (χ0v) is 13.7. The summed E-state index contributed by atoms with van der Waals surface area (Å²) in [7, 11) is 0. The van der Waals surface area contributed by atoms with Crippen molar-refractivity contribution in [2.75, 3.05) is 39.4 Å². The fourth-order valence-electron chi connectivity index (χ4n) is 2.70. The molecule has 0 bridgehead atoms. The molecule has 1 fully saturated rings. The average Bonchev–Trinajstić information content (AvgIpc) is 2.85. The minimum atomic E-state index is -0.858. The number of β-amino-alcohol motifs (C(OH)–C–C–N with tert-alkyl or cyclic N) is 1. The van der Waals surface area contributed by atoms with Crippen molar-refractivity contribution in [3.63, 3.8) is 0 Å². The molecule has 2 heterocycles. The van der Waals surface area contributed by atoms with E-state index in [1.807, 2.05) is 36.4 Å². The highest BCUT2D eigenvalue weighted by atomic mass is 16.5. The molecule has 24 heavy (non-hydrogen) atoms. The van der Waals surface area contributed by atoms with Crippen LogP contribution in [0.2, 0.25) is 0 Å². The standard InChI is InChI=1S/C18H24N4O2/c23-18(13-20-10-11-24-14-18)12-19-8-7-17-21-9-6-16(22-17)15-4-2-1-3-5-15/h1-6,9,19-20,23H,7-8,10-14H2/t18-/m1/s1. The van der Waals surface area contributed by atoms with Crippen molar-refractivity contribution in [1.29, 1.82) is 0 Å². The number of aliphatic hydroxyl groups is 1. The van der Waals surface area contributed by atoms with Gasteiger partial charge in [-0.1, -0.05) is 30.3 Å². The smallest absolute Gasteiger partial charge is 0.130 e. The van der Waals surface area contributed by atoms with Crippen molar-refractivity contribution in [2.45, 2.75) is 12.0 Å². The van der Waals surface area contributed by atoms with Gasteiger partial charge in [0.1, 0.15) is 11.4 Å². The third-order valence-electron chi connectivity index (χ3n) is 4.00. The Bertz CT molecular complexity index is 628. The highest BCUT2D eigenvalue weighted by molar-refractivity contribution is 5.58. The molecule has 2 aromatic rings. The van der Waals surface area contributed by atoms with Gasteiger partial charge in [-0.25, -0.2) is 9.97 Å². The first-order chi connectivity index (χ1) is 11.8. The van der Waals surface area contributed by atoms with E-state index < -0.39 is 5.60 Å². The van der Waals surface area contributed by atoms with Crippen LogP contribution in [-0.4, -0.2) is 60.1 Å². The van der Waals surface area contributed by atoms with Gasteiger partial charge in [0, 0.05) is 44.4 Å². The van der Waals surface area contributed by atoms with E-state index in [0.717, 1.165) is 23.6 Å². The summed E-state index contributed by atoms with van der Waals surface area (Å²) < 4.78 is 5.41. The monoisotopic (exact) mass is 328 g/mol. The van der Waals surface area contributed by atoms with Crippen LogP contribution in [0.15, 0.2) is 42.6 Å². The van der Waals surface area contributed by atoms with Gasteiger partial charge < -0.3 is 20.5 Å². The van der Waals surface area contributed by atoms with Crippen LogP contribution in [0.25, 0.3) is 11.3 Å². The number of ether oxygens (including phenoxy) is 1. The summed E-state index contributed by atoms with van der Waals surface area (Å²) in [4.78, 5) is 8.94. The molecule has 6 heteroatoms. The summed E-state index contributed by atoms with van der Waals surface area (Å²) in [6, 6.07) is 12.0.